The summed E-state index contributed by atoms with van der Waals surface area (Å²) in [5, 5.41) is 3.32. The lowest BCUT2D eigenvalue weighted by molar-refractivity contribution is 0.324. The number of unbranched alkanes of at least 4 members (excludes halogenated alkanes) is 3. The SMILES string of the molecule is C=CCNCCCCCCN(CC=C)CC=C. The van der Waals surface area contributed by atoms with Crippen LogP contribution in [-0.4, -0.2) is 37.6 Å². The lowest BCUT2D eigenvalue weighted by Crippen LogP contribution is -2.25. The summed E-state index contributed by atoms with van der Waals surface area (Å²) >= 11 is 0. The van der Waals surface area contributed by atoms with Crippen molar-refractivity contribution in [2.45, 2.75) is 25.7 Å². The Bertz CT molecular complexity index is 189. The van der Waals surface area contributed by atoms with Crippen molar-refractivity contribution in [3.05, 3.63) is 38.0 Å². The van der Waals surface area contributed by atoms with Crippen molar-refractivity contribution in [2.24, 2.45) is 0 Å². The molecule has 0 aromatic heterocycles. The van der Waals surface area contributed by atoms with Crippen LogP contribution in [-0.2, 0) is 0 Å². The van der Waals surface area contributed by atoms with E-state index in [2.05, 4.69) is 30.0 Å². The highest BCUT2D eigenvalue weighted by Gasteiger charge is 1.99. The maximum Gasteiger partial charge on any atom is 0.0163 e. The van der Waals surface area contributed by atoms with Gasteiger partial charge in [-0.15, -0.1) is 19.7 Å². The van der Waals surface area contributed by atoms with E-state index < -0.39 is 0 Å². The van der Waals surface area contributed by atoms with Gasteiger partial charge < -0.3 is 5.32 Å². The van der Waals surface area contributed by atoms with Gasteiger partial charge in [0.15, 0.2) is 0 Å². The van der Waals surface area contributed by atoms with Crippen molar-refractivity contribution in [2.75, 3.05) is 32.7 Å². The third-order valence-electron chi connectivity index (χ3n) is 2.64. The largest absolute Gasteiger partial charge is 0.313 e. The summed E-state index contributed by atoms with van der Waals surface area (Å²) < 4.78 is 0. The van der Waals surface area contributed by atoms with E-state index in [0.717, 1.165) is 32.7 Å². The Morgan fingerprint density at radius 2 is 1.47 bits per heavy atom. The van der Waals surface area contributed by atoms with Gasteiger partial charge in [-0.2, -0.15) is 0 Å². The van der Waals surface area contributed by atoms with Crippen LogP contribution in [0.4, 0.5) is 0 Å². The molecule has 0 rings (SSSR count). The molecule has 0 fully saturated rings. The molecule has 0 unspecified atom stereocenters. The zero-order valence-electron chi connectivity index (χ0n) is 11.2. The predicted molar refractivity (Wildman–Crippen MR) is 78.4 cm³/mol. The van der Waals surface area contributed by atoms with Crippen LogP contribution >= 0.6 is 0 Å². The second-order valence-corrected chi connectivity index (χ2v) is 4.24. The average Bonchev–Trinajstić information content (AvgIpc) is 2.33. The molecule has 0 bridgehead atoms. The summed E-state index contributed by atoms with van der Waals surface area (Å²) in [5.41, 5.74) is 0. The Kier molecular flexibility index (Phi) is 12.5. The van der Waals surface area contributed by atoms with E-state index in [-0.39, 0.29) is 0 Å². The fourth-order valence-corrected chi connectivity index (χ4v) is 1.77. The summed E-state index contributed by atoms with van der Waals surface area (Å²) in [6, 6.07) is 0. The van der Waals surface area contributed by atoms with Crippen LogP contribution in [0.2, 0.25) is 0 Å². The molecular formula is C15H28N2. The molecule has 2 nitrogen and oxygen atoms in total. The van der Waals surface area contributed by atoms with Crippen molar-refractivity contribution in [3.8, 4) is 0 Å². The van der Waals surface area contributed by atoms with Gasteiger partial charge in [0, 0.05) is 19.6 Å². The average molecular weight is 236 g/mol. The predicted octanol–water partition coefficient (Wildman–Crippen LogP) is 3.00. The maximum atomic E-state index is 3.78. The highest BCUT2D eigenvalue weighted by atomic mass is 15.1. The van der Waals surface area contributed by atoms with Crippen molar-refractivity contribution in [1.82, 2.24) is 10.2 Å². The molecule has 0 amide bonds. The molecule has 0 heterocycles. The lowest BCUT2D eigenvalue weighted by atomic mass is 10.2. The molecule has 0 aliphatic carbocycles. The topological polar surface area (TPSA) is 15.3 Å². The van der Waals surface area contributed by atoms with Crippen molar-refractivity contribution in [3.63, 3.8) is 0 Å². The van der Waals surface area contributed by atoms with Crippen LogP contribution in [0.5, 0.6) is 0 Å². The lowest BCUT2D eigenvalue weighted by Gasteiger charge is -2.18. The normalized spacial score (nSPS) is 10.4. The van der Waals surface area contributed by atoms with E-state index in [1.807, 2.05) is 18.2 Å². The second-order valence-electron chi connectivity index (χ2n) is 4.24. The van der Waals surface area contributed by atoms with Crippen LogP contribution in [0.25, 0.3) is 0 Å². The maximum absolute atomic E-state index is 3.78. The highest BCUT2D eigenvalue weighted by molar-refractivity contribution is 4.79. The summed E-state index contributed by atoms with van der Waals surface area (Å²) in [5.74, 6) is 0. The van der Waals surface area contributed by atoms with E-state index in [9.17, 15) is 0 Å². The van der Waals surface area contributed by atoms with Crippen LogP contribution in [0.1, 0.15) is 25.7 Å². The van der Waals surface area contributed by atoms with Crippen molar-refractivity contribution < 1.29 is 0 Å². The monoisotopic (exact) mass is 236 g/mol. The molecule has 0 aliphatic rings. The summed E-state index contributed by atoms with van der Waals surface area (Å²) in [6.45, 7) is 16.3. The van der Waals surface area contributed by atoms with Crippen LogP contribution < -0.4 is 5.32 Å². The van der Waals surface area contributed by atoms with Gasteiger partial charge in [-0.05, 0) is 25.9 Å². The number of rotatable bonds is 13. The zero-order valence-corrected chi connectivity index (χ0v) is 11.2. The molecule has 1 N–H and O–H groups in total. The number of nitrogens with one attached hydrogen (secondary N) is 1. The van der Waals surface area contributed by atoms with Gasteiger partial charge in [-0.3, -0.25) is 4.90 Å². The molecule has 0 aromatic carbocycles. The van der Waals surface area contributed by atoms with Gasteiger partial charge in [0.05, 0.1) is 0 Å². The number of hydrogen-bond donors (Lipinski definition) is 1. The van der Waals surface area contributed by atoms with Crippen LogP contribution in [0.3, 0.4) is 0 Å². The van der Waals surface area contributed by atoms with Crippen molar-refractivity contribution in [1.29, 1.82) is 0 Å². The third-order valence-corrected chi connectivity index (χ3v) is 2.64. The third kappa shape index (κ3) is 11.4. The minimum atomic E-state index is 0.923. The molecule has 0 aliphatic heterocycles. The minimum Gasteiger partial charge on any atom is -0.313 e. The van der Waals surface area contributed by atoms with E-state index >= 15 is 0 Å². The molecule has 0 spiro atoms. The summed E-state index contributed by atoms with van der Waals surface area (Å²) in [6.07, 6.45) is 11.0. The van der Waals surface area contributed by atoms with Gasteiger partial charge in [-0.25, -0.2) is 0 Å². The first-order valence-corrected chi connectivity index (χ1v) is 6.61. The second kappa shape index (κ2) is 13.2. The fourth-order valence-electron chi connectivity index (χ4n) is 1.77. The van der Waals surface area contributed by atoms with E-state index in [4.69, 9.17) is 0 Å². The minimum absolute atomic E-state index is 0.923. The molecule has 0 radical (unpaired) electrons. The van der Waals surface area contributed by atoms with Crippen LogP contribution in [0, 0.1) is 0 Å². The fraction of sp³-hybridized carbons (Fsp3) is 0.600. The van der Waals surface area contributed by atoms with Crippen LogP contribution in [0.15, 0.2) is 38.0 Å². The Labute approximate surface area is 107 Å². The summed E-state index contributed by atoms with van der Waals surface area (Å²) in [4.78, 5) is 2.37. The molecule has 98 valence electrons. The molecule has 2 heteroatoms. The molecule has 17 heavy (non-hydrogen) atoms. The highest BCUT2D eigenvalue weighted by Crippen LogP contribution is 2.01. The number of hydrogen-bond acceptors (Lipinski definition) is 2. The molecular weight excluding hydrogens is 208 g/mol. The Morgan fingerprint density at radius 1 is 0.824 bits per heavy atom. The molecule has 0 atom stereocenters. The Morgan fingerprint density at radius 3 is 2.06 bits per heavy atom. The van der Waals surface area contributed by atoms with E-state index in [0.29, 0.717) is 0 Å². The Hall–Kier alpha value is -0.860. The van der Waals surface area contributed by atoms with Gasteiger partial charge in [-0.1, -0.05) is 31.1 Å². The van der Waals surface area contributed by atoms with E-state index in [1.54, 1.807) is 0 Å². The van der Waals surface area contributed by atoms with Crippen molar-refractivity contribution >= 4 is 0 Å². The quantitative estimate of drug-likeness (QED) is 0.391. The standard InChI is InChI=1S/C15H28N2/c1-4-11-16-12-9-7-8-10-15-17(13-5-2)14-6-3/h4-6,16H,1-3,7-15H2. The molecule has 0 saturated heterocycles. The van der Waals surface area contributed by atoms with E-state index in [1.165, 1.54) is 25.7 Å². The zero-order chi connectivity index (χ0) is 12.8. The first-order valence-electron chi connectivity index (χ1n) is 6.61. The first-order chi connectivity index (χ1) is 8.35. The smallest absolute Gasteiger partial charge is 0.0163 e. The molecule has 0 saturated carbocycles. The van der Waals surface area contributed by atoms with Gasteiger partial charge in [0.1, 0.15) is 0 Å². The van der Waals surface area contributed by atoms with Gasteiger partial charge >= 0.3 is 0 Å². The Balaban J connectivity index is 3.31. The van der Waals surface area contributed by atoms with Gasteiger partial charge in [0.2, 0.25) is 0 Å². The van der Waals surface area contributed by atoms with Gasteiger partial charge in [0.25, 0.3) is 0 Å². The number of nitrogens with zero attached hydrogens (tertiary/aromatic N) is 1. The summed E-state index contributed by atoms with van der Waals surface area (Å²) in [7, 11) is 0. The first kappa shape index (κ1) is 16.1. The molecule has 0 aromatic rings.